The highest BCUT2D eigenvalue weighted by molar-refractivity contribution is 8.13. The number of carbonyl (C=O) groups excluding carboxylic acids is 1. The van der Waals surface area contributed by atoms with Crippen molar-refractivity contribution in [3.63, 3.8) is 0 Å². The van der Waals surface area contributed by atoms with E-state index < -0.39 is 0 Å². The third kappa shape index (κ3) is 5.03. The fourth-order valence-electron chi connectivity index (χ4n) is 2.40. The molecule has 2 rings (SSSR count). The van der Waals surface area contributed by atoms with E-state index in [1.165, 1.54) is 30.2 Å². The highest BCUT2D eigenvalue weighted by atomic mass is 32.2. The molecule has 0 bridgehead atoms. The Balaban J connectivity index is 1.85. The number of thioether (sulfide) groups is 1. The number of benzene rings is 1. The zero-order valence-electron chi connectivity index (χ0n) is 11.9. The zero-order chi connectivity index (χ0) is 14.2. The molecule has 0 amide bonds. The lowest BCUT2D eigenvalue weighted by molar-refractivity contribution is -0.109. The van der Waals surface area contributed by atoms with Crippen LogP contribution in [0.1, 0.15) is 43.2 Å². The van der Waals surface area contributed by atoms with Crippen LogP contribution in [0.3, 0.4) is 0 Å². The Morgan fingerprint density at radius 2 is 2.00 bits per heavy atom. The minimum Gasteiger partial charge on any atom is -0.317 e. The topological polar surface area (TPSA) is 29.1 Å². The first kappa shape index (κ1) is 15.2. The monoisotopic (exact) mass is 287 g/mol. The molecule has 0 saturated carbocycles. The van der Waals surface area contributed by atoms with E-state index in [0.29, 0.717) is 5.92 Å². The first-order valence-corrected chi connectivity index (χ1v) is 8.17. The van der Waals surface area contributed by atoms with Crippen molar-refractivity contribution in [3.8, 4) is 11.8 Å². The van der Waals surface area contributed by atoms with Gasteiger partial charge in [-0.3, -0.25) is 4.79 Å². The summed E-state index contributed by atoms with van der Waals surface area (Å²) in [4.78, 5) is 10.8. The first-order valence-electron chi connectivity index (χ1n) is 7.18. The fraction of sp³-hybridized carbons (Fsp3) is 0.471. The molecule has 2 nitrogen and oxygen atoms in total. The lowest BCUT2D eigenvalue weighted by Crippen LogP contribution is -2.26. The van der Waals surface area contributed by atoms with Crippen molar-refractivity contribution in [3.05, 3.63) is 35.4 Å². The summed E-state index contributed by atoms with van der Waals surface area (Å²) >= 11 is 1.34. The van der Waals surface area contributed by atoms with Crippen LogP contribution in [0.5, 0.6) is 0 Å². The van der Waals surface area contributed by atoms with Gasteiger partial charge in [0.2, 0.25) is 0 Å². The third-order valence-electron chi connectivity index (χ3n) is 3.49. The second-order valence-corrected chi connectivity index (χ2v) is 6.31. The number of hydrogen-bond donors (Lipinski definition) is 1. The van der Waals surface area contributed by atoms with E-state index in [0.717, 1.165) is 30.8 Å². The summed E-state index contributed by atoms with van der Waals surface area (Å²) in [5.74, 6) is 7.77. The molecular weight excluding hydrogens is 266 g/mol. The molecule has 0 unspecified atom stereocenters. The Labute approximate surface area is 125 Å². The molecule has 1 fully saturated rings. The molecule has 0 spiro atoms. The number of nitrogens with one attached hydrogen (secondary N) is 1. The van der Waals surface area contributed by atoms with Crippen molar-refractivity contribution in [2.24, 2.45) is 0 Å². The SMILES string of the molecule is CC(=O)SCCC#Cc1ccc(C2CCNCC2)cc1. The van der Waals surface area contributed by atoms with Crippen LogP contribution in [0, 0.1) is 11.8 Å². The molecule has 0 atom stereocenters. The maximum absolute atomic E-state index is 10.8. The van der Waals surface area contributed by atoms with Gasteiger partial charge in [-0.05, 0) is 49.5 Å². The van der Waals surface area contributed by atoms with Gasteiger partial charge in [0.1, 0.15) is 0 Å². The van der Waals surface area contributed by atoms with Crippen LogP contribution in [0.2, 0.25) is 0 Å². The summed E-state index contributed by atoms with van der Waals surface area (Å²) < 4.78 is 0. The molecule has 0 aliphatic carbocycles. The summed E-state index contributed by atoms with van der Waals surface area (Å²) in [5.41, 5.74) is 2.50. The van der Waals surface area contributed by atoms with Crippen molar-refractivity contribution >= 4 is 16.9 Å². The van der Waals surface area contributed by atoms with E-state index in [9.17, 15) is 4.79 Å². The van der Waals surface area contributed by atoms with Crippen LogP contribution in [0.25, 0.3) is 0 Å². The van der Waals surface area contributed by atoms with Gasteiger partial charge in [-0.2, -0.15) is 0 Å². The maximum atomic E-state index is 10.8. The predicted molar refractivity (Wildman–Crippen MR) is 85.9 cm³/mol. The zero-order valence-corrected chi connectivity index (χ0v) is 12.8. The summed E-state index contributed by atoms with van der Waals surface area (Å²) in [7, 11) is 0. The molecule has 0 radical (unpaired) electrons. The van der Waals surface area contributed by atoms with E-state index in [-0.39, 0.29) is 5.12 Å². The molecule has 1 aromatic rings. The van der Waals surface area contributed by atoms with Crippen molar-refractivity contribution in [2.45, 2.75) is 32.1 Å². The van der Waals surface area contributed by atoms with Crippen LogP contribution in [0.4, 0.5) is 0 Å². The average Bonchev–Trinajstić information content (AvgIpc) is 2.48. The number of hydrogen-bond acceptors (Lipinski definition) is 3. The molecule has 106 valence electrons. The van der Waals surface area contributed by atoms with Gasteiger partial charge in [0, 0.05) is 24.7 Å². The Morgan fingerprint density at radius 3 is 2.65 bits per heavy atom. The Morgan fingerprint density at radius 1 is 1.30 bits per heavy atom. The Bertz CT molecular complexity index is 492. The van der Waals surface area contributed by atoms with E-state index >= 15 is 0 Å². The summed E-state index contributed by atoms with van der Waals surface area (Å²) in [6.07, 6.45) is 3.22. The molecule has 1 aliphatic heterocycles. The summed E-state index contributed by atoms with van der Waals surface area (Å²) in [5, 5.41) is 3.56. The average molecular weight is 287 g/mol. The Hall–Kier alpha value is -1.24. The van der Waals surface area contributed by atoms with Gasteiger partial charge in [0.05, 0.1) is 0 Å². The normalized spacial score (nSPS) is 15.4. The second-order valence-electron chi connectivity index (χ2n) is 5.04. The van der Waals surface area contributed by atoms with Gasteiger partial charge in [0.15, 0.2) is 5.12 Å². The number of carbonyl (C=O) groups is 1. The minimum atomic E-state index is 0.165. The van der Waals surface area contributed by atoms with Gasteiger partial charge < -0.3 is 5.32 Å². The highest BCUT2D eigenvalue weighted by Crippen LogP contribution is 2.25. The van der Waals surface area contributed by atoms with E-state index in [2.05, 4.69) is 41.4 Å². The van der Waals surface area contributed by atoms with Gasteiger partial charge in [-0.15, -0.1) is 0 Å². The van der Waals surface area contributed by atoms with Crippen LogP contribution >= 0.6 is 11.8 Å². The van der Waals surface area contributed by atoms with E-state index in [1.54, 1.807) is 6.92 Å². The Kier molecular flexibility index (Phi) is 6.17. The molecule has 20 heavy (non-hydrogen) atoms. The molecule has 3 heteroatoms. The molecular formula is C17H21NOS. The summed E-state index contributed by atoms with van der Waals surface area (Å²) in [6, 6.07) is 8.65. The van der Waals surface area contributed by atoms with Crippen molar-refractivity contribution in [1.29, 1.82) is 0 Å². The van der Waals surface area contributed by atoms with Crippen LogP contribution < -0.4 is 5.32 Å². The second kappa shape index (κ2) is 8.14. The standard InChI is InChI=1S/C17H21NOS/c1-14(19)20-13-3-2-4-15-5-7-16(8-6-15)17-9-11-18-12-10-17/h5-8,17-18H,3,9-13H2,1H3. The third-order valence-corrected chi connectivity index (χ3v) is 4.30. The quantitative estimate of drug-likeness (QED) is 0.684. The lowest BCUT2D eigenvalue weighted by Gasteiger charge is -2.22. The molecule has 1 aromatic carbocycles. The largest absolute Gasteiger partial charge is 0.317 e. The van der Waals surface area contributed by atoms with Crippen LogP contribution in [-0.2, 0) is 4.79 Å². The van der Waals surface area contributed by atoms with Gasteiger partial charge in [-0.1, -0.05) is 35.7 Å². The summed E-state index contributed by atoms with van der Waals surface area (Å²) in [6.45, 7) is 3.84. The van der Waals surface area contributed by atoms with E-state index in [4.69, 9.17) is 0 Å². The maximum Gasteiger partial charge on any atom is 0.185 e. The van der Waals surface area contributed by atoms with Crippen molar-refractivity contribution in [1.82, 2.24) is 5.32 Å². The first-order chi connectivity index (χ1) is 9.75. The predicted octanol–water partition coefficient (Wildman–Crippen LogP) is 3.17. The lowest BCUT2D eigenvalue weighted by atomic mass is 9.90. The van der Waals surface area contributed by atoms with E-state index in [1.807, 2.05) is 0 Å². The van der Waals surface area contributed by atoms with Gasteiger partial charge >= 0.3 is 0 Å². The van der Waals surface area contributed by atoms with Gasteiger partial charge in [0.25, 0.3) is 0 Å². The molecule has 1 N–H and O–H groups in total. The minimum absolute atomic E-state index is 0.165. The smallest absolute Gasteiger partial charge is 0.185 e. The molecule has 1 aliphatic rings. The van der Waals surface area contributed by atoms with Crippen LogP contribution in [0.15, 0.2) is 24.3 Å². The molecule has 1 heterocycles. The fourth-order valence-corrected chi connectivity index (χ4v) is 2.90. The molecule has 1 saturated heterocycles. The highest BCUT2D eigenvalue weighted by Gasteiger charge is 2.14. The van der Waals surface area contributed by atoms with Gasteiger partial charge in [-0.25, -0.2) is 0 Å². The number of piperidine rings is 1. The molecule has 0 aromatic heterocycles. The van der Waals surface area contributed by atoms with Crippen LogP contribution in [-0.4, -0.2) is 24.0 Å². The number of rotatable bonds is 3. The van der Waals surface area contributed by atoms with Crippen molar-refractivity contribution in [2.75, 3.05) is 18.8 Å². The van der Waals surface area contributed by atoms with Crippen molar-refractivity contribution < 1.29 is 4.79 Å².